The summed E-state index contributed by atoms with van der Waals surface area (Å²) < 4.78 is 2.22. The molecule has 0 aliphatic carbocycles. The van der Waals surface area contributed by atoms with Gasteiger partial charge in [0, 0.05) is 12.1 Å². The Labute approximate surface area is 180 Å². The van der Waals surface area contributed by atoms with E-state index in [1.54, 1.807) is 10.6 Å². The van der Waals surface area contributed by atoms with Gasteiger partial charge in [0.15, 0.2) is 22.4 Å². The van der Waals surface area contributed by atoms with Crippen LogP contribution in [-0.4, -0.2) is 31.3 Å². The molecule has 0 unspecified atom stereocenters. The lowest BCUT2D eigenvalue weighted by molar-refractivity contribution is 0.102. The van der Waals surface area contributed by atoms with Gasteiger partial charge in [0.1, 0.15) is 4.70 Å². The number of fused-ring (bicyclic) bond motifs is 1. The third kappa shape index (κ3) is 4.24. The Bertz CT molecular complexity index is 1270. The van der Waals surface area contributed by atoms with Crippen LogP contribution in [0.1, 0.15) is 15.9 Å². The van der Waals surface area contributed by atoms with E-state index < -0.39 is 0 Å². The molecule has 2 aromatic carbocycles. The molecule has 0 radical (unpaired) electrons. The first-order valence-corrected chi connectivity index (χ1v) is 11.1. The monoisotopic (exact) mass is 438 g/mol. The molecule has 0 aliphatic heterocycles. The summed E-state index contributed by atoms with van der Waals surface area (Å²) in [5, 5.41) is 21.4. The number of Topliss-reactive ketones (excluding diaryl/α,β-unsaturated/α-hetero) is 1. The van der Waals surface area contributed by atoms with E-state index in [0.29, 0.717) is 28.3 Å². The number of aromatic hydroxyl groups is 2. The van der Waals surface area contributed by atoms with Gasteiger partial charge in [-0.25, -0.2) is 4.98 Å². The number of carbonyl (C=O) groups is 1. The van der Waals surface area contributed by atoms with Crippen LogP contribution in [0.15, 0.2) is 69.9 Å². The minimum Gasteiger partial charge on any atom is -0.504 e. The van der Waals surface area contributed by atoms with Gasteiger partial charge in [-0.3, -0.25) is 14.2 Å². The van der Waals surface area contributed by atoms with Crippen LogP contribution in [0, 0.1) is 0 Å². The highest BCUT2D eigenvalue weighted by Crippen LogP contribution is 2.27. The van der Waals surface area contributed by atoms with Crippen molar-refractivity contribution in [3.05, 3.63) is 81.5 Å². The Morgan fingerprint density at radius 1 is 1.07 bits per heavy atom. The number of hydrogen-bond donors (Lipinski definition) is 2. The zero-order valence-electron chi connectivity index (χ0n) is 15.8. The molecule has 0 amide bonds. The first-order chi connectivity index (χ1) is 14.5. The molecule has 4 aromatic rings. The zero-order chi connectivity index (χ0) is 21.1. The van der Waals surface area contributed by atoms with Crippen molar-refractivity contribution in [2.24, 2.45) is 0 Å². The highest BCUT2D eigenvalue weighted by atomic mass is 32.2. The molecule has 8 heteroatoms. The number of aromatic nitrogens is 2. The second-order valence-corrected chi connectivity index (χ2v) is 8.50. The minimum atomic E-state index is -0.344. The molecule has 2 heterocycles. The maximum Gasteiger partial charge on any atom is 0.272 e. The number of benzene rings is 2. The van der Waals surface area contributed by atoms with Crippen LogP contribution in [-0.2, 0) is 13.0 Å². The fraction of sp³-hybridized carbons (Fsp3) is 0.136. The van der Waals surface area contributed by atoms with Crippen molar-refractivity contribution >= 4 is 39.1 Å². The molecule has 0 spiro atoms. The van der Waals surface area contributed by atoms with Crippen molar-refractivity contribution < 1.29 is 15.0 Å². The number of phenolic OH excluding ortho intramolecular Hbond substituents is 2. The summed E-state index contributed by atoms with van der Waals surface area (Å²) in [5.74, 6) is -0.802. The van der Waals surface area contributed by atoms with Gasteiger partial charge in [0.25, 0.3) is 5.56 Å². The van der Waals surface area contributed by atoms with E-state index in [1.807, 2.05) is 35.7 Å². The van der Waals surface area contributed by atoms with Crippen molar-refractivity contribution in [2.75, 3.05) is 5.75 Å². The average molecular weight is 439 g/mol. The van der Waals surface area contributed by atoms with Crippen molar-refractivity contribution in [3.8, 4) is 11.5 Å². The number of thiophene rings is 1. The van der Waals surface area contributed by atoms with Crippen LogP contribution in [0.5, 0.6) is 11.5 Å². The molecule has 0 fully saturated rings. The Kier molecular flexibility index (Phi) is 5.87. The summed E-state index contributed by atoms with van der Waals surface area (Å²) in [6.07, 6.45) is 0.673. The molecular formula is C22H18N2O4S2. The third-order valence-electron chi connectivity index (χ3n) is 4.63. The van der Waals surface area contributed by atoms with Crippen molar-refractivity contribution in [3.63, 3.8) is 0 Å². The minimum absolute atomic E-state index is 0.0532. The molecule has 2 N–H and O–H groups in total. The molecule has 0 saturated carbocycles. The molecule has 0 atom stereocenters. The van der Waals surface area contributed by atoms with E-state index in [1.165, 1.54) is 41.3 Å². The fourth-order valence-electron chi connectivity index (χ4n) is 3.03. The van der Waals surface area contributed by atoms with Gasteiger partial charge in [-0.2, -0.15) is 0 Å². The van der Waals surface area contributed by atoms with Crippen molar-refractivity contribution in [2.45, 2.75) is 18.1 Å². The number of ketones is 1. The van der Waals surface area contributed by atoms with Gasteiger partial charge in [-0.05, 0) is 41.6 Å². The molecule has 6 nitrogen and oxygen atoms in total. The van der Waals surface area contributed by atoms with E-state index in [2.05, 4.69) is 4.98 Å². The predicted molar refractivity (Wildman–Crippen MR) is 119 cm³/mol. The summed E-state index contributed by atoms with van der Waals surface area (Å²) in [7, 11) is 0. The SMILES string of the molecule is O=C(CSc1nc2ccsc2c(=O)n1CCc1ccccc1)c1ccc(O)c(O)c1. The summed E-state index contributed by atoms with van der Waals surface area (Å²) in [5.41, 5.74) is 1.91. The van der Waals surface area contributed by atoms with E-state index in [0.717, 1.165) is 5.56 Å². The number of carbonyl (C=O) groups excluding carboxylic acids is 1. The van der Waals surface area contributed by atoms with E-state index >= 15 is 0 Å². The normalized spacial score (nSPS) is 11.1. The second-order valence-electron chi connectivity index (χ2n) is 6.64. The predicted octanol–water partition coefficient (Wildman–Crippen LogP) is 4.09. The quantitative estimate of drug-likeness (QED) is 0.195. The Hall–Kier alpha value is -3.10. The van der Waals surface area contributed by atoms with Gasteiger partial charge in [-0.15, -0.1) is 11.3 Å². The second kappa shape index (κ2) is 8.73. The Morgan fingerprint density at radius 2 is 1.87 bits per heavy atom. The van der Waals surface area contributed by atoms with Gasteiger partial charge in [-0.1, -0.05) is 42.1 Å². The topological polar surface area (TPSA) is 92.4 Å². The highest BCUT2D eigenvalue weighted by Gasteiger charge is 2.16. The lowest BCUT2D eigenvalue weighted by Crippen LogP contribution is -2.24. The van der Waals surface area contributed by atoms with Crippen LogP contribution in [0.25, 0.3) is 10.2 Å². The lowest BCUT2D eigenvalue weighted by Gasteiger charge is -2.12. The van der Waals surface area contributed by atoms with Crippen LogP contribution in [0.4, 0.5) is 0 Å². The maximum absolute atomic E-state index is 13.0. The molecule has 152 valence electrons. The lowest BCUT2D eigenvalue weighted by atomic mass is 10.1. The number of aryl methyl sites for hydroxylation is 1. The van der Waals surface area contributed by atoms with Gasteiger partial charge in [0.2, 0.25) is 0 Å². The summed E-state index contributed by atoms with van der Waals surface area (Å²) >= 11 is 2.55. The molecule has 0 bridgehead atoms. The molecule has 2 aromatic heterocycles. The van der Waals surface area contributed by atoms with Crippen molar-refractivity contribution in [1.29, 1.82) is 0 Å². The average Bonchev–Trinajstić information content (AvgIpc) is 3.23. The first-order valence-electron chi connectivity index (χ1n) is 9.23. The molecule has 0 saturated heterocycles. The third-order valence-corrected chi connectivity index (χ3v) is 6.50. The largest absolute Gasteiger partial charge is 0.504 e. The maximum atomic E-state index is 13.0. The van der Waals surface area contributed by atoms with Crippen LogP contribution in [0.2, 0.25) is 0 Å². The Balaban J connectivity index is 1.59. The number of nitrogens with zero attached hydrogens (tertiary/aromatic N) is 2. The summed E-state index contributed by atoms with van der Waals surface area (Å²) in [4.78, 5) is 30.1. The van der Waals surface area contributed by atoms with Gasteiger partial charge < -0.3 is 10.2 Å². The zero-order valence-corrected chi connectivity index (χ0v) is 17.4. The number of rotatable bonds is 7. The van der Waals surface area contributed by atoms with Gasteiger partial charge in [0.05, 0.1) is 11.3 Å². The summed E-state index contributed by atoms with van der Waals surface area (Å²) in [6.45, 7) is 0.459. The van der Waals surface area contributed by atoms with Crippen LogP contribution < -0.4 is 5.56 Å². The fourth-order valence-corrected chi connectivity index (χ4v) is 4.72. The smallest absolute Gasteiger partial charge is 0.272 e. The molecule has 0 aliphatic rings. The molecular weight excluding hydrogens is 420 g/mol. The van der Waals surface area contributed by atoms with Crippen LogP contribution in [0.3, 0.4) is 0 Å². The van der Waals surface area contributed by atoms with E-state index in [-0.39, 0.29) is 34.2 Å². The number of thioether (sulfide) groups is 1. The van der Waals surface area contributed by atoms with E-state index in [4.69, 9.17) is 0 Å². The Morgan fingerprint density at radius 3 is 2.63 bits per heavy atom. The standard InChI is InChI=1S/C22H18N2O4S2/c25-17-7-6-15(12-18(17)26)19(27)13-30-22-23-16-9-11-29-20(16)21(28)24(22)10-8-14-4-2-1-3-5-14/h1-7,9,11-12,25-26H,8,10,13H2. The number of hydrogen-bond acceptors (Lipinski definition) is 7. The molecule has 30 heavy (non-hydrogen) atoms. The van der Waals surface area contributed by atoms with Gasteiger partial charge >= 0.3 is 0 Å². The van der Waals surface area contributed by atoms with Crippen LogP contribution >= 0.6 is 23.1 Å². The summed E-state index contributed by atoms with van der Waals surface area (Å²) in [6, 6.07) is 15.6. The number of phenols is 2. The van der Waals surface area contributed by atoms with E-state index in [9.17, 15) is 19.8 Å². The highest BCUT2D eigenvalue weighted by molar-refractivity contribution is 7.99. The van der Waals surface area contributed by atoms with Crippen molar-refractivity contribution in [1.82, 2.24) is 9.55 Å². The molecule has 4 rings (SSSR count). The first kappa shape index (κ1) is 20.2.